The van der Waals surface area contributed by atoms with Gasteiger partial charge >= 0.3 is 24.3 Å². The molecule has 0 aliphatic carbocycles. The first kappa shape index (κ1) is 35.7. The maximum Gasteiger partial charge on any atom is 0.417 e. The Bertz CT molecular complexity index is 1970. The summed E-state index contributed by atoms with van der Waals surface area (Å²) in [7, 11) is 0. The van der Waals surface area contributed by atoms with Crippen LogP contribution < -0.4 is 5.32 Å². The predicted octanol–water partition coefficient (Wildman–Crippen LogP) is 6.69. The smallest absolute Gasteiger partial charge is 0.417 e. The van der Waals surface area contributed by atoms with Crippen LogP contribution in [-0.4, -0.2) is 66.0 Å². The van der Waals surface area contributed by atoms with Gasteiger partial charge in [0.1, 0.15) is 11.4 Å². The topological polar surface area (TPSA) is 187 Å². The monoisotopic (exact) mass is 690 g/mol. The Hall–Kier alpha value is -6.14. The predicted molar refractivity (Wildman–Crippen MR) is 159 cm³/mol. The van der Waals surface area contributed by atoms with E-state index >= 15 is 0 Å². The number of carboxylic acids is 2. The van der Waals surface area contributed by atoms with E-state index < -0.39 is 52.5 Å². The van der Waals surface area contributed by atoms with Crippen LogP contribution >= 0.6 is 0 Å². The quantitative estimate of drug-likeness (QED) is 0.0983. The van der Waals surface area contributed by atoms with Crippen LogP contribution in [0.15, 0.2) is 66.0 Å². The number of anilines is 1. The maximum atomic E-state index is 13.3. The number of benzene rings is 2. The Morgan fingerprint density at radius 1 is 0.898 bits per heavy atom. The van der Waals surface area contributed by atoms with E-state index in [2.05, 4.69) is 25.7 Å². The second-order valence-electron chi connectivity index (χ2n) is 10.0. The van der Waals surface area contributed by atoms with Crippen LogP contribution in [0.1, 0.15) is 61.7 Å². The highest BCUT2D eigenvalue weighted by Gasteiger charge is 2.36. The Kier molecular flexibility index (Phi) is 10.1. The molecule has 0 atom stereocenters. The molecule has 0 spiro atoms. The van der Waals surface area contributed by atoms with Crippen LogP contribution in [0.3, 0.4) is 0 Å². The lowest BCUT2D eigenvalue weighted by Gasteiger charge is -2.19. The largest absolute Gasteiger partial charge is 0.478 e. The zero-order valence-corrected chi connectivity index (χ0v) is 25.3. The highest BCUT2D eigenvalue weighted by Crippen LogP contribution is 2.35. The van der Waals surface area contributed by atoms with E-state index in [9.17, 15) is 50.9 Å². The average molecular weight is 691 g/mol. The molecule has 0 fully saturated rings. The molecule has 0 saturated carbocycles. The molecule has 256 valence electrons. The number of aromatic nitrogens is 4. The summed E-state index contributed by atoms with van der Waals surface area (Å²) in [6, 6.07) is 7.19. The summed E-state index contributed by atoms with van der Waals surface area (Å²) in [6.45, 7) is 4.08. The van der Waals surface area contributed by atoms with E-state index in [-0.39, 0.29) is 39.7 Å². The number of amides is 1. The van der Waals surface area contributed by atoms with Crippen molar-refractivity contribution in [2.75, 3.05) is 18.4 Å². The number of hydrogen-bond acceptors (Lipinski definition) is 9. The van der Waals surface area contributed by atoms with Crippen molar-refractivity contribution >= 4 is 29.2 Å². The Labute approximate surface area is 272 Å². The number of nitrogens with one attached hydrogen (secondary N) is 2. The molecule has 1 amide bonds. The van der Waals surface area contributed by atoms with Crippen LogP contribution in [0.4, 0.5) is 32.0 Å². The van der Waals surface area contributed by atoms with E-state index in [0.717, 1.165) is 35.1 Å². The molecule has 13 nitrogen and oxygen atoms in total. The fourth-order valence-electron chi connectivity index (χ4n) is 4.59. The molecule has 2 heterocycles. The number of carboxylic acid groups (broad SMARTS) is 2. The minimum absolute atomic E-state index is 0.0260. The van der Waals surface area contributed by atoms with Crippen LogP contribution in [0.25, 0.3) is 22.8 Å². The lowest BCUT2D eigenvalue weighted by Crippen LogP contribution is -2.30. The first-order valence-corrected chi connectivity index (χ1v) is 14.0. The van der Waals surface area contributed by atoms with Gasteiger partial charge in [0.2, 0.25) is 0 Å². The van der Waals surface area contributed by atoms with Crippen LogP contribution in [0.2, 0.25) is 0 Å². The van der Waals surface area contributed by atoms with Crippen molar-refractivity contribution in [2.45, 2.75) is 26.2 Å². The van der Waals surface area contributed by atoms with Gasteiger partial charge in [-0.1, -0.05) is 5.21 Å². The summed E-state index contributed by atoms with van der Waals surface area (Å²) in [6.07, 6.45) is -7.62. The Morgan fingerprint density at radius 2 is 1.49 bits per heavy atom. The molecule has 4 rings (SSSR count). The number of rotatable bonds is 11. The summed E-state index contributed by atoms with van der Waals surface area (Å²) < 4.78 is 80.8. The molecule has 0 aliphatic heterocycles. The zero-order chi connectivity index (χ0) is 36.3. The van der Waals surface area contributed by atoms with Gasteiger partial charge in [0.15, 0.2) is 0 Å². The van der Waals surface area contributed by atoms with E-state index in [4.69, 9.17) is 5.53 Å². The molecular formula is C30H24F6N8O5. The minimum atomic E-state index is -4.94. The number of alkyl halides is 6. The average Bonchev–Trinajstić information content (AvgIpc) is 3.55. The summed E-state index contributed by atoms with van der Waals surface area (Å²) in [5, 5.41) is 32.4. The minimum Gasteiger partial charge on any atom is -0.478 e. The molecule has 0 radical (unpaired) electrons. The van der Waals surface area contributed by atoms with Crippen LogP contribution in [-0.2, 0) is 12.4 Å². The Morgan fingerprint density at radius 3 is 2.04 bits per heavy atom. The molecule has 0 unspecified atom stereocenters. The van der Waals surface area contributed by atoms with Gasteiger partial charge < -0.3 is 20.4 Å². The van der Waals surface area contributed by atoms with Gasteiger partial charge in [0.25, 0.3) is 5.91 Å². The highest BCUT2D eigenvalue weighted by molar-refractivity contribution is 5.96. The summed E-state index contributed by atoms with van der Waals surface area (Å²) in [5.41, 5.74) is 2.31. The molecule has 4 aromatic rings. The normalized spacial score (nSPS) is 12.0. The second kappa shape index (κ2) is 13.9. The molecular weight excluding hydrogens is 666 g/mol. The Balaban J connectivity index is 1.79. The van der Waals surface area contributed by atoms with E-state index in [0.29, 0.717) is 25.2 Å². The molecule has 0 aliphatic rings. The van der Waals surface area contributed by atoms with Crippen molar-refractivity contribution in [2.24, 2.45) is 5.11 Å². The van der Waals surface area contributed by atoms with Crippen molar-refractivity contribution in [1.82, 2.24) is 24.9 Å². The van der Waals surface area contributed by atoms with Crippen molar-refractivity contribution in [3.63, 3.8) is 0 Å². The van der Waals surface area contributed by atoms with Gasteiger partial charge in [-0.2, -0.15) is 31.5 Å². The SMILES string of the molecule is CCN(CC)C(=O)c1cc(/C(=C/Nc2ccc(C(F)(F)F)c(C(=O)O)c2)N=N)nc(-c2cn(-c3ccc(C(F)(F)F)c(C(=O)O)c3)nn2)c1. The highest BCUT2D eigenvalue weighted by atomic mass is 19.4. The van der Waals surface area contributed by atoms with Gasteiger partial charge in [-0.3, -0.25) is 4.79 Å². The third-order valence-corrected chi connectivity index (χ3v) is 7.00. The van der Waals surface area contributed by atoms with Gasteiger partial charge in [0, 0.05) is 30.5 Å². The first-order valence-electron chi connectivity index (χ1n) is 14.0. The summed E-state index contributed by atoms with van der Waals surface area (Å²) in [5.74, 6) is -4.13. The van der Waals surface area contributed by atoms with E-state index in [1.165, 1.54) is 23.2 Å². The van der Waals surface area contributed by atoms with Gasteiger partial charge in [-0.25, -0.2) is 24.8 Å². The molecule has 0 bridgehead atoms. The van der Waals surface area contributed by atoms with Crippen molar-refractivity contribution in [1.29, 1.82) is 5.53 Å². The standard InChI is InChI=1S/C30H24F6N8O5/c1-3-43(4-2)26(45)15-9-22(24(40-37)13-38-16-5-7-20(29(31,32)33)18(11-16)27(46)47)39-23(10-15)25-14-44(42-41-25)17-6-8-21(30(34,35)36)19(12-17)28(48)49/h5-14,37-38H,3-4H2,1-2H3,(H,46,47)(H,48,49)/b24-13-,40-37?. The van der Waals surface area contributed by atoms with Gasteiger partial charge in [-0.15, -0.1) is 5.10 Å². The fraction of sp³-hybridized carbons (Fsp3) is 0.200. The van der Waals surface area contributed by atoms with Crippen molar-refractivity contribution in [3.05, 3.63) is 94.4 Å². The van der Waals surface area contributed by atoms with Gasteiger partial charge in [-0.05, 0) is 62.4 Å². The van der Waals surface area contributed by atoms with Gasteiger partial charge in [0.05, 0.1) is 45.5 Å². The molecule has 4 N–H and O–H groups in total. The zero-order valence-electron chi connectivity index (χ0n) is 25.3. The van der Waals surface area contributed by atoms with Crippen molar-refractivity contribution < 1.29 is 50.9 Å². The number of halogens is 6. The molecule has 0 saturated heterocycles. The molecule has 19 heteroatoms. The summed E-state index contributed by atoms with van der Waals surface area (Å²) >= 11 is 0. The van der Waals surface area contributed by atoms with E-state index in [1.54, 1.807) is 13.8 Å². The molecule has 2 aromatic heterocycles. The fourth-order valence-corrected chi connectivity index (χ4v) is 4.59. The third kappa shape index (κ3) is 7.88. The molecule has 49 heavy (non-hydrogen) atoms. The summed E-state index contributed by atoms with van der Waals surface area (Å²) in [4.78, 5) is 42.2. The third-order valence-electron chi connectivity index (χ3n) is 7.00. The number of pyridine rings is 1. The maximum absolute atomic E-state index is 13.3. The lowest BCUT2D eigenvalue weighted by atomic mass is 10.1. The number of carbonyl (C=O) groups excluding carboxylic acids is 1. The number of nitrogens with zero attached hydrogens (tertiary/aromatic N) is 6. The number of aromatic carboxylic acids is 2. The van der Waals surface area contributed by atoms with Crippen LogP contribution in [0, 0.1) is 5.53 Å². The second-order valence-corrected chi connectivity index (χ2v) is 10.0. The van der Waals surface area contributed by atoms with E-state index in [1.807, 2.05) is 0 Å². The number of hydrogen-bond donors (Lipinski definition) is 4. The van der Waals surface area contributed by atoms with Crippen LogP contribution in [0.5, 0.6) is 0 Å². The number of carbonyl (C=O) groups is 3. The lowest BCUT2D eigenvalue weighted by molar-refractivity contribution is -0.138. The molecule has 2 aromatic carbocycles. The van der Waals surface area contributed by atoms with Crippen molar-refractivity contribution in [3.8, 4) is 17.1 Å². The first-order chi connectivity index (χ1) is 23.0.